The van der Waals surface area contributed by atoms with Crippen molar-refractivity contribution < 1.29 is 23.6 Å². The maximum atomic E-state index is 13.1. The molecule has 282 valence electrons. The molecule has 0 aliphatic carbocycles. The van der Waals surface area contributed by atoms with E-state index in [1.54, 1.807) is 6.20 Å². The SMILES string of the molecule is O=C(C[C@@H]1CCCCN1C(=O)Cc1ccccc1)Nc1ccc(-c2cnc(-c3ccc(NC(=O)C[C@@H]4CCCCN4C(=O)Cc4ccccc4)cc3)o2)cc1. The minimum atomic E-state index is -0.125. The summed E-state index contributed by atoms with van der Waals surface area (Å²) in [4.78, 5) is 60.6. The Bertz CT molecular complexity index is 1920. The number of hydrogen-bond acceptors (Lipinski definition) is 6. The maximum Gasteiger partial charge on any atom is 0.227 e. The number of aromatic nitrogens is 1. The average molecular weight is 738 g/mol. The van der Waals surface area contributed by atoms with Crippen LogP contribution >= 0.6 is 0 Å². The van der Waals surface area contributed by atoms with Gasteiger partial charge in [-0.05, 0) is 98.2 Å². The van der Waals surface area contributed by atoms with Crippen molar-refractivity contribution in [3.63, 3.8) is 0 Å². The van der Waals surface area contributed by atoms with E-state index in [0.29, 0.717) is 49.0 Å². The molecule has 4 aromatic carbocycles. The van der Waals surface area contributed by atoms with Gasteiger partial charge in [0.1, 0.15) is 0 Å². The van der Waals surface area contributed by atoms with Crippen LogP contribution in [0.2, 0.25) is 0 Å². The molecule has 2 atom stereocenters. The molecule has 0 saturated carbocycles. The van der Waals surface area contributed by atoms with E-state index in [2.05, 4.69) is 15.6 Å². The van der Waals surface area contributed by atoms with Crippen LogP contribution in [0.25, 0.3) is 22.8 Å². The maximum absolute atomic E-state index is 13.1. The summed E-state index contributed by atoms with van der Waals surface area (Å²) in [5.41, 5.74) is 4.85. The number of carbonyl (C=O) groups is 4. The monoisotopic (exact) mass is 737 g/mol. The summed E-state index contributed by atoms with van der Waals surface area (Å²) < 4.78 is 6.09. The van der Waals surface area contributed by atoms with Gasteiger partial charge in [0, 0.05) is 60.5 Å². The number of nitrogens with zero attached hydrogens (tertiary/aromatic N) is 3. The first-order valence-electron chi connectivity index (χ1n) is 19.3. The second-order valence-electron chi connectivity index (χ2n) is 14.5. The number of piperidine rings is 2. The van der Waals surface area contributed by atoms with Crippen LogP contribution in [0.3, 0.4) is 0 Å². The standard InChI is InChI=1S/C45H47N5O5/c51-41(29-38-15-7-9-25-49(38)43(53)27-32-11-3-1-4-12-32)47-36-21-17-34(18-22-36)40-31-46-45(55-40)35-19-23-37(24-20-35)48-42(52)30-39-16-8-10-26-50(39)44(54)28-33-13-5-2-6-14-33/h1-6,11-14,17-24,31,38-39H,7-10,15-16,25-30H2,(H,47,51)(H,48,52)/t38-,39-/m0/s1. The second-order valence-corrected chi connectivity index (χ2v) is 14.5. The Hall–Kier alpha value is -6.03. The lowest BCUT2D eigenvalue weighted by molar-refractivity contribution is -0.136. The number of nitrogens with one attached hydrogen (secondary N) is 2. The Morgan fingerprint density at radius 1 is 0.582 bits per heavy atom. The van der Waals surface area contributed by atoms with Gasteiger partial charge in [0.05, 0.1) is 19.0 Å². The summed E-state index contributed by atoms with van der Waals surface area (Å²) in [7, 11) is 0. The summed E-state index contributed by atoms with van der Waals surface area (Å²) in [5.74, 6) is 0.905. The molecule has 7 rings (SSSR count). The van der Waals surface area contributed by atoms with E-state index in [1.165, 1.54) is 0 Å². The number of likely N-dealkylation sites (tertiary alicyclic amines) is 2. The molecule has 2 aliphatic heterocycles. The molecule has 3 heterocycles. The van der Waals surface area contributed by atoms with Gasteiger partial charge in [-0.25, -0.2) is 4.98 Å². The fraction of sp³-hybridized carbons (Fsp3) is 0.311. The van der Waals surface area contributed by atoms with Gasteiger partial charge < -0.3 is 24.9 Å². The highest BCUT2D eigenvalue weighted by Crippen LogP contribution is 2.29. The first-order valence-corrected chi connectivity index (χ1v) is 19.3. The van der Waals surface area contributed by atoms with Gasteiger partial charge in [-0.1, -0.05) is 60.7 Å². The van der Waals surface area contributed by atoms with Crippen LogP contribution in [0, 0.1) is 0 Å². The lowest BCUT2D eigenvalue weighted by atomic mass is 9.97. The highest BCUT2D eigenvalue weighted by molar-refractivity contribution is 5.93. The van der Waals surface area contributed by atoms with Crippen LogP contribution in [0.5, 0.6) is 0 Å². The van der Waals surface area contributed by atoms with E-state index in [9.17, 15) is 19.2 Å². The van der Waals surface area contributed by atoms with Crippen LogP contribution in [0.1, 0.15) is 62.5 Å². The summed E-state index contributed by atoms with van der Waals surface area (Å²) in [6, 6.07) is 34.0. The predicted octanol–water partition coefficient (Wildman–Crippen LogP) is 7.91. The summed E-state index contributed by atoms with van der Waals surface area (Å²) in [6.07, 6.45) is 8.39. The highest BCUT2D eigenvalue weighted by atomic mass is 16.4. The fourth-order valence-corrected chi connectivity index (χ4v) is 7.63. The largest absolute Gasteiger partial charge is 0.436 e. The number of benzene rings is 4. The van der Waals surface area contributed by atoms with Crippen molar-refractivity contribution in [1.82, 2.24) is 14.8 Å². The van der Waals surface area contributed by atoms with Crippen molar-refractivity contribution >= 4 is 35.0 Å². The predicted molar refractivity (Wildman–Crippen MR) is 213 cm³/mol. The minimum absolute atomic E-state index is 0.0626. The smallest absolute Gasteiger partial charge is 0.227 e. The first-order chi connectivity index (χ1) is 26.9. The van der Waals surface area contributed by atoms with Crippen LogP contribution in [0.15, 0.2) is 120 Å². The Balaban J connectivity index is 0.896. The average Bonchev–Trinajstić information content (AvgIpc) is 3.70. The summed E-state index contributed by atoms with van der Waals surface area (Å²) >= 11 is 0. The lowest BCUT2D eigenvalue weighted by Crippen LogP contribution is -2.46. The Morgan fingerprint density at radius 2 is 1.04 bits per heavy atom. The number of carbonyl (C=O) groups excluding carboxylic acids is 4. The molecule has 4 amide bonds. The molecule has 10 nitrogen and oxygen atoms in total. The number of oxazole rings is 1. The van der Waals surface area contributed by atoms with Gasteiger partial charge in [-0.2, -0.15) is 0 Å². The number of amides is 4. The van der Waals surface area contributed by atoms with Gasteiger partial charge in [-0.15, -0.1) is 0 Å². The summed E-state index contributed by atoms with van der Waals surface area (Å²) in [5, 5.41) is 5.99. The zero-order valence-corrected chi connectivity index (χ0v) is 31.0. The quantitative estimate of drug-likeness (QED) is 0.134. The molecule has 1 aromatic heterocycles. The van der Waals surface area contributed by atoms with Gasteiger partial charge >= 0.3 is 0 Å². The third-order valence-electron chi connectivity index (χ3n) is 10.5. The van der Waals surface area contributed by atoms with E-state index >= 15 is 0 Å². The second kappa shape index (κ2) is 17.9. The number of rotatable bonds is 12. The minimum Gasteiger partial charge on any atom is -0.436 e. The van der Waals surface area contributed by atoms with Gasteiger partial charge in [-0.3, -0.25) is 19.2 Å². The van der Waals surface area contributed by atoms with Crippen LogP contribution in [0.4, 0.5) is 11.4 Å². The van der Waals surface area contributed by atoms with E-state index in [1.807, 2.05) is 119 Å². The molecule has 0 radical (unpaired) electrons. The molecular weight excluding hydrogens is 691 g/mol. The van der Waals surface area contributed by atoms with Crippen molar-refractivity contribution in [2.24, 2.45) is 0 Å². The first kappa shape index (κ1) is 37.3. The van der Waals surface area contributed by atoms with Crippen molar-refractivity contribution in [2.45, 2.75) is 76.3 Å². The van der Waals surface area contributed by atoms with Crippen molar-refractivity contribution in [2.75, 3.05) is 23.7 Å². The van der Waals surface area contributed by atoms with Crippen LogP contribution in [-0.2, 0) is 32.0 Å². The van der Waals surface area contributed by atoms with E-state index < -0.39 is 0 Å². The topological polar surface area (TPSA) is 125 Å². The molecule has 2 N–H and O–H groups in total. The molecule has 5 aromatic rings. The Labute approximate surface area is 321 Å². The lowest BCUT2D eigenvalue weighted by Gasteiger charge is -2.35. The van der Waals surface area contributed by atoms with Crippen molar-refractivity contribution in [3.8, 4) is 22.8 Å². The third kappa shape index (κ3) is 9.94. The Kier molecular flexibility index (Phi) is 12.1. The molecular formula is C45H47N5O5. The molecule has 0 unspecified atom stereocenters. The van der Waals surface area contributed by atoms with Crippen LogP contribution < -0.4 is 10.6 Å². The van der Waals surface area contributed by atoms with E-state index in [0.717, 1.165) is 60.8 Å². The fourth-order valence-electron chi connectivity index (χ4n) is 7.63. The van der Waals surface area contributed by atoms with Gasteiger partial charge in [0.25, 0.3) is 0 Å². The molecule has 55 heavy (non-hydrogen) atoms. The summed E-state index contributed by atoms with van der Waals surface area (Å²) in [6.45, 7) is 1.36. The highest BCUT2D eigenvalue weighted by Gasteiger charge is 2.30. The van der Waals surface area contributed by atoms with Crippen molar-refractivity contribution in [1.29, 1.82) is 0 Å². The third-order valence-corrected chi connectivity index (χ3v) is 10.5. The van der Waals surface area contributed by atoms with Crippen molar-refractivity contribution in [3.05, 3.63) is 127 Å². The van der Waals surface area contributed by atoms with E-state index in [-0.39, 0.29) is 48.6 Å². The van der Waals surface area contributed by atoms with E-state index in [4.69, 9.17) is 4.42 Å². The molecule has 0 bridgehead atoms. The molecule has 2 saturated heterocycles. The molecule has 10 heteroatoms. The zero-order chi connectivity index (χ0) is 38.0. The molecule has 2 aliphatic rings. The van der Waals surface area contributed by atoms with Gasteiger partial charge in [0.15, 0.2) is 5.76 Å². The molecule has 2 fully saturated rings. The van der Waals surface area contributed by atoms with Gasteiger partial charge in [0.2, 0.25) is 29.5 Å². The molecule has 0 spiro atoms. The Morgan fingerprint density at radius 3 is 1.51 bits per heavy atom. The zero-order valence-electron chi connectivity index (χ0n) is 31.0. The number of anilines is 2. The number of hydrogen-bond donors (Lipinski definition) is 2. The normalized spacial score (nSPS) is 17.0. The van der Waals surface area contributed by atoms with Crippen LogP contribution in [-0.4, -0.2) is 63.6 Å².